The van der Waals surface area contributed by atoms with Gasteiger partial charge in [0.05, 0.1) is 24.1 Å². The molecule has 12 heteroatoms. The van der Waals surface area contributed by atoms with Crippen LogP contribution < -0.4 is 15.9 Å². The molecule has 4 atom stereocenters. The van der Waals surface area contributed by atoms with Crippen molar-refractivity contribution in [3.05, 3.63) is 235 Å². The Bertz CT molecular complexity index is 2110. The summed E-state index contributed by atoms with van der Waals surface area (Å²) in [6.07, 6.45) is -0.528. The molecule has 0 saturated carbocycles. The number of morpholine rings is 2. The Labute approximate surface area is 438 Å². The van der Waals surface area contributed by atoms with Gasteiger partial charge in [-0.1, -0.05) is 263 Å². The maximum absolute atomic E-state index is 10.5. The first-order valence-corrected chi connectivity index (χ1v) is 29.3. The second-order valence-corrected chi connectivity index (χ2v) is 20.7. The molecule has 0 aromatic heterocycles. The third-order valence-corrected chi connectivity index (χ3v) is 14.4. The topological polar surface area (TPSA) is 45.2 Å². The molecule has 2 aliphatic rings. The predicted molar refractivity (Wildman–Crippen MR) is 297 cm³/mol. The van der Waals surface area contributed by atoms with Gasteiger partial charge in [0.25, 0.3) is 0 Å². The van der Waals surface area contributed by atoms with E-state index in [1.165, 1.54) is 32.6 Å². The van der Waals surface area contributed by atoms with Gasteiger partial charge in [0.1, 0.15) is 12.2 Å². The number of rotatable bonds is 11. The van der Waals surface area contributed by atoms with Crippen LogP contribution in [0.2, 0.25) is 0 Å². The van der Waals surface area contributed by atoms with Crippen molar-refractivity contribution in [1.29, 1.82) is 0 Å². The summed E-state index contributed by atoms with van der Waals surface area (Å²) in [5.41, 5.74) is 4.87. The maximum Gasteiger partial charge on any atom is 0.180 e. The van der Waals surface area contributed by atoms with Gasteiger partial charge in [-0.3, -0.25) is 9.80 Å². The molecule has 0 amide bonds. The predicted octanol–water partition coefficient (Wildman–Crippen LogP) is 13.8. The van der Waals surface area contributed by atoms with Crippen LogP contribution in [0.3, 0.4) is 0 Å². The van der Waals surface area contributed by atoms with E-state index in [0.29, 0.717) is 6.61 Å². The van der Waals surface area contributed by atoms with Crippen molar-refractivity contribution < 1.29 is 14.6 Å². The molecule has 7 aromatic rings. The van der Waals surface area contributed by atoms with Gasteiger partial charge in [0.2, 0.25) is 0 Å². The Hall–Kier alpha value is -2.92. The van der Waals surface area contributed by atoms with Gasteiger partial charge in [-0.15, -0.1) is 0 Å². The van der Waals surface area contributed by atoms with E-state index in [2.05, 4.69) is 224 Å². The Balaban J connectivity index is 0.000000178. The third-order valence-electron chi connectivity index (χ3n) is 10.8. The number of nitrogens with zero attached hydrogens (tertiary/aromatic N) is 2. The zero-order valence-corrected chi connectivity index (χ0v) is 45.0. The van der Waals surface area contributed by atoms with Crippen molar-refractivity contribution >= 4 is 103 Å². The van der Waals surface area contributed by atoms with Crippen LogP contribution in [-0.2, 0) is 22.6 Å². The lowest BCUT2D eigenvalue weighted by atomic mass is 10.0. The second-order valence-electron chi connectivity index (χ2n) is 15.5. The van der Waals surface area contributed by atoms with E-state index in [1.54, 1.807) is 0 Å². The summed E-state index contributed by atoms with van der Waals surface area (Å²) in [7, 11) is -0.446. The Morgan fingerprint density at radius 2 is 0.776 bits per heavy atom. The molecule has 0 aliphatic carbocycles. The van der Waals surface area contributed by atoms with Crippen LogP contribution in [0.4, 0.5) is 0 Å². The van der Waals surface area contributed by atoms with Gasteiger partial charge in [0, 0.05) is 67.5 Å². The van der Waals surface area contributed by atoms with Crippen molar-refractivity contribution in [3.8, 4) is 0 Å². The highest BCUT2D eigenvalue weighted by Crippen LogP contribution is 2.33. The minimum absolute atomic E-state index is 0.162. The van der Waals surface area contributed by atoms with Crippen LogP contribution in [0, 0.1) is 0 Å². The molecule has 2 heterocycles. The van der Waals surface area contributed by atoms with Gasteiger partial charge in [-0.25, -0.2) is 0 Å². The average molecular weight is 1170 g/mol. The molecule has 0 radical (unpaired) electrons. The SMILES string of the molecule is BrBr.Br[C@H](c1ccccc1)[C@@H]1CN(Cc2ccccc2)CCO1.ClC(Cl)Cl.O[C@@H](c1ccccc1)[C@@H]1CN(Cc2ccccc2)CCO1.c1ccc(P(c2ccccc2)c2ccccc2)cc1. The minimum atomic E-state index is -0.750. The van der Waals surface area contributed by atoms with Crippen LogP contribution in [-0.4, -0.2) is 70.8 Å². The van der Waals surface area contributed by atoms with Gasteiger partial charge in [0.15, 0.2) is 4.30 Å². The first kappa shape index (κ1) is 55.0. The molecule has 2 fully saturated rings. The van der Waals surface area contributed by atoms with Gasteiger partial charge in [-0.05, 0) is 46.1 Å². The van der Waals surface area contributed by atoms with Gasteiger partial charge < -0.3 is 14.6 Å². The molecule has 1 N–H and O–H groups in total. The molecule has 0 spiro atoms. The Morgan fingerprint density at radius 3 is 1.15 bits per heavy atom. The number of benzene rings is 7. The molecule has 0 unspecified atom stereocenters. The lowest BCUT2D eigenvalue weighted by molar-refractivity contribution is -0.0918. The quantitative estimate of drug-likeness (QED) is 0.103. The largest absolute Gasteiger partial charge is 0.386 e. The fourth-order valence-electron chi connectivity index (χ4n) is 7.70. The minimum Gasteiger partial charge on any atom is -0.386 e. The van der Waals surface area contributed by atoms with Crippen LogP contribution in [0.1, 0.15) is 33.2 Å². The molecular formula is C55H57Br3Cl3N2O3P. The van der Waals surface area contributed by atoms with Crippen molar-refractivity contribution in [3.63, 3.8) is 0 Å². The van der Waals surface area contributed by atoms with Crippen molar-refractivity contribution in [2.75, 3.05) is 39.4 Å². The number of aliphatic hydroxyl groups excluding tert-OH is 1. The fraction of sp³-hybridized carbons (Fsp3) is 0.236. The monoisotopic (exact) mass is 1170 g/mol. The zero-order chi connectivity index (χ0) is 47.5. The Kier molecular flexibility index (Phi) is 26.3. The highest BCUT2D eigenvalue weighted by atomic mass is 80.9. The zero-order valence-electron chi connectivity index (χ0n) is 37.1. The third kappa shape index (κ3) is 19.8. The summed E-state index contributed by atoms with van der Waals surface area (Å²) in [5, 5.41) is 14.7. The van der Waals surface area contributed by atoms with E-state index in [-0.39, 0.29) is 17.0 Å². The normalized spacial score (nSPS) is 16.9. The average Bonchev–Trinajstić information content (AvgIpc) is 3.39. The number of ether oxygens (including phenoxy) is 2. The number of aliphatic hydroxyl groups is 1. The maximum atomic E-state index is 10.5. The second kappa shape index (κ2) is 32.1. The molecule has 0 bridgehead atoms. The van der Waals surface area contributed by atoms with Crippen LogP contribution in [0.5, 0.6) is 0 Å². The van der Waals surface area contributed by atoms with E-state index in [0.717, 1.165) is 51.4 Å². The number of hydrogen-bond donors (Lipinski definition) is 1. The molecule has 2 saturated heterocycles. The van der Waals surface area contributed by atoms with E-state index in [9.17, 15) is 5.11 Å². The van der Waals surface area contributed by atoms with Crippen LogP contribution >= 0.6 is 86.9 Å². The molecule has 2 aliphatic heterocycles. The summed E-state index contributed by atoms with van der Waals surface area (Å²) in [6, 6.07) is 73.7. The van der Waals surface area contributed by atoms with E-state index in [1.807, 2.05) is 42.5 Å². The first-order valence-electron chi connectivity index (χ1n) is 22.0. The molecule has 9 rings (SSSR count). The summed E-state index contributed by atoms with van der Waals surface area (Å²) in [6.45, 7) is 6.99. The highest BCUT2D eigenvalue weighted by Gasteiger charge is 2.29. The van der Waals surface area contributed by atoms with E-state index < -0.39 is 18.3 Å². The number of halogens is 6. The van der Waals surface area contributed by atoms with Gasteiger partial charge in [-0.2, -0.15) is 0 Å². The molecule has 352 valence electrons. The van der Waals surface area contributed by atoms with Crippen molar-refractivity contribution in [1.82, 2.24) is 9.80 Å². The standard InChI is InChI=1S/C18H20BrNO.C18H21NO2.C18H15P.CHCl3.Br2/c19-18(16-9-5-2-6-10-16)17-14-20(11-12-21-17)13-15-7-3-1-4-8-15;20-18(16-9-5-2-6-10-16)17-14-19(11-12-21-17)13-15-7-3-1-4-8-15;1-4-10-16(11-5-1)19(17-12-6-2-7-13-17)18-14-8-3-9-15-18;2-1(3)4;1-2/h1-10,17-18H,11-14H2;1-10,17-18,20H,11-14H2;1-15H;1H;/t17-,18+;17-,18-;;;/m00.../s1. The Morgan fingerprint density at radius 1 is 0.478 bits per heavy atom. The first-order chi connectivity index (χ1) is 32.8. The van der Waals surface area contributed by atoms with E-state index >= 15 is 0 Å². The summed E-state index contributed by atoms with van der Waals surface area (Å²) >= 11 is 23.7. The summed E-state index contributed by atoms with van der Waals surface area (Å²) in [5.74, 6) is 0. The van der Waals surface area contributed by atoms with Crippen LogP contribution in [0.25, 0.3) is 0 Å². The highest BCUT2D eigenvalue weighted by molar-refractivity contribution is 9.93. The lowest BCUT2D eigenvalue weighted by Crippen LogP contribution is -2.44. The van der Waals surface area contributed by atoms with Crippen molar-refractivity contribution in [2.45, 2.75) is 40.5 Å². The van der Waals surface area contributed by atoms with Crippen molar-refractivity contribution in [2.24, 2.45) is 0 Å². The number of hydrogen-bond acceptors (Lipinski definition) is 5. The molecule has 7 aromatic carbocycles. The summed E-state index contributed by atoms with van der Waals surface area (Å²) in [4.78, 5) is 5.06. The molecule has 67 heavy (non-hydrogen) atoms. The fourth-order valence-corrected chi connectivity index (χ4v) is 10.6. The smallest absolute Gasteiger partial charge is 0.180 e. The molecule has 5 nitrogen and oxygen atoms in total. The summed E-state index contributed by atoms with van der Waals surface area (Å²) < 4.78 is 11.0. The number of alkyl halides is 4. The lowest BCUT2D eigenvalue weighted by Gasteiger charge is -2.35. The van der Waals surface area contributed by atoms with Crippen LogP contribution in [0.15, 0.2) is 212 Å². The molecular weight excluding hydrogens is 1110 g/mol. The van der Waals surface area contributed by atoms with Gasteiger partial charge >= 0.3 is 0 Å². The van der Waals surface area contributed by atoms with E-state index in [4.69, 9.17) is 44.3 Å².